The molecule has 0 spiro atoms. The Morgan fingerprint density at radius 3 is 3.06 bits per heavy atom. The Kier molecular flexibility index (Phi) is 3.61. The molecule has 0 radical (unpaired) electrons. The number of hydrogen-bond acceptors (Lipinski definition) is 2. The summed E-state index contributed by atoms with van der Waals surface area (Å²) in [5.41, 5.74) is 6.59. The van der Waals surface area contributed by atoms with Gasteiger partial charge < -0.3 is 5.73 Å². The number of nitrogens with two attached hydrogens (primary N) is 1. The predicted octanol–water partition coefficient (Wildman–Crippen LogP) is 1.90. The third kappa shape index (κ3) is 2.62. The van der Waals surface area contributed by atoms with E-state index in [9.17, 15) is 4.79 Å². The fourth-order valence-corrected chi connectivity index (χ4v) is 2.65. The molecule has 4 heteroatoms. The highest BCUT2D eigenvalue weighted by Crippen LogP contribution is 2.21. The molecule has 0 saturated carbocycles. The van der Waals surface area contributed by atoms with Crippen LogP contribution in [0.3, 0.4) is 0 Å². The van der Waals surface area contributed by atoms with Crippen LogP contribution < -0.4 is 5.73 Å². The zero-order valence-corrected chi connectivity index (χ0v) is 10.6. The lowest BCUT2D eigenvalue weighted by Crippen LogP contribution is -2.39. The maximum Gasteiger partial charge on any atom is 0.234 e. The molecule has 0 aromatic heterocycles. The SMILES string of the molecule is NC(=O)C1CCCN1Cc1cccc(Br)c1. The van der Waals surface area contributed by atoms with Crippen molar-refractivity contribution in [2.45, 2.75) is 25.4 Å². The molecule has 1 aliphatic heterocycles. The molecule has 1 unspecified atom stereocenters. The standard InChI is InChI=1S/C12H15BrN2O/c13-10-4-1-3-9(7-10)8-15-6-2-5-11(15)12(14)16/h1,3-4,7,11H,2,5-6,8H2,(H2,14,16). The first-order chi connectivity index (χ1) is 7.66. The van der Waals surface area contributed by atoms with E-state index in [-0.39, 0.29) is 11.9 Å². The Morgan fingerprint density at radius 1 is 1.56 bits per heavy atom. The molecule has 1 atom stereocenters. The van der Waals surface area contributed by atoms with Crippen LogP contribution in [-0.2, 0) is 11.3 Å². The molecule has 1 aliphatic rings. The van der Waals surface area contributed by atoms with Crippen LogP contribution in [0, 0.1) is 0 Å². The second-order valence-electron chi connectivity index (χ2n) is 4.16. The number of benzene rings is 1. The van der Waals surface area contributed by atoms with Gasteiger partial charge in [-0.25, -0.2) is 0 Å². The van der Waals surface area contributed by atoms with Gasteiger partial charge in [0, 0.05) is 11.0 Å². The molecule has 1 amide bonds. The van der Waals surface area contributed by atoms with Gasteiger partial charge in [-0.15, -0.1) is 0 Å². The van der Waals surface area contributed by atoms with Gasteiger partial charge in [0.15, 0.2) is 0 Å². The van der Waals surface area contributed by atoms with Gasteiger partial charge >= 0.3 is 0 Å². The van der Waals surface area contributed by atoms with Crippen molar-refractivity contribution < 1.29 is 4.79 Å². The molecule has 16 heavy (non-hydrogen) atoms. The van der Waals surface area contributed by atoms with Crippen LogP contribution in [0.4, 0.5) is 0 Å². The Bertz CT molecular complexity index is 394. The molecule has 2 rings (SSSR count). The molecule has 0 bridgehead atoms. The largest absolute Gasteiger partial charge is 0.368 e. The van der Waals surface area contributed by atoms with E-state index in [1.165, 1.54) is 5.56 Å². The third-order valence-corrected chi connectivity index (χ3v) is 3.46. The summed E-state index contributed by atoms with van der Waals surface area (Å²) in [4.78, 5) is 13.4. The van der Waals surface area contributed by atoms with E-state index >= 15 is 0 Å². The number of amides is 1. The first kappa shape index (κ1) is 11.6. The van der Waals surface area contributed by atoms with Crippen molar-refractivity contribution in [3.63, 3.8) is 0 Å². The first-order valence-electron chi connectivity index (χ1n) is 5.44. The zero-order chi connectivity index (χ0) is 11.5. The van der Waals surface area contributed by atoms with Gasteiger partial charge in [0.25, 0.3) is 0 Å². The summed E-state index contributed by atoms with van der Waals surface area (Å²) in [6.07, 6.45) is 1.95. The first-order valence-corrected chi connectivity index (χ1v) is 6.24. The minimum Gasteiger partial charge on any atom is -0.368 e. The highest BCUT2D eigenvalue weighted by Gasteiger charge is 2.28. The summed E-state index contributed by atoms with van der Waals surface area (Å²) in [7, 11) is 0. The van der Waals surface area contributed by atoms with Gasteiger partial charge in [0.05, 0.1) is 6.04 Å². The van der Waals surface area contributed by atoms with E-state index in [0.29, 0.717) is 0 Å². The van der Waals surface area contributed by atoms with Crippen LogP contribution in [0.1, 0.15) is 18.4 Å². The average molecular weight is 283 g/mol. The summed E-state index contributed by atoms with van der Waals surface area (Å²) in [6, 6.07) is 8.07. The molecule has 86 valence electrons. The van der Waals surface area contributed by atoms with Gasteiger partial charge in [-0.05, 0) is 37.1 Å². The van der Waals surface area contributed by atoms with Crippen molar-refractivity contribution in [2.24, 2.45) is 5.73 Å². The number of carbonyl (C=O) groups is 1. The Morgan fingerprint density at radius 2 is 2.38 bits per heavy atom. The van der Waals surface area contributed by atoms with Crippen molar-refractivity contribution in [1.29, 1.82) is 0 Å². The minimum absolute atomic E-state index is 0.0843. The average Bonchev–Trinajstić information content (AvgIpc) is 2.66. The number of nitrogens with zero attached hydrogens (tertiary/aromatic N) is 1. The van der Waals surface area contributed by atoms with Crippen LogP contribution in [0.5, 0.6) is 0 Å². The van der Waals surface area contributed by atoms with E-state index in [1.54, 1.807) is 0 Å². The van der Waals surface area contributed by atoms with Crippen molar-refractivity contribution in [3.8, 4) is 0 Å². The topological polar surface area (TPSA) is 46.3 Å². The second-order valence-corrected chi connectivity index (χ2v) is 5.08. The fraction of sp³-hybridized carbons (Fsp3) is 0.417. The smallest absolute Gasteiger partial charge is 0.234 e. The van der Waals surface area contributed by atoms with Gasteiger partial charge in [0.2, 0.25) is 5.91 Å². The van der Waals surface area contributed by atoms with Crippen LogP contribution >= 0.6 is 15.9 Å². The van der Waals surface area contributed by atoms with Crippen molar-refractivity contribution in [3.05, 3.63) is 34.3 Å². The summed E-state index contributed by atoms with van der Waals surface area (Å²) in [5.74, 6) is -0.201. The molecule has 1 heterocycles. The molecule has 1 aromatic carbocycles. The van der Waals surface area contributed by atoms with Gasteiger partial charge in [0.1, 0.15) is 0 Å². The maximum atomic E-state index is 11.2. The van der Waals surface area contributed by atoms with E-state index in [0.717, 1.165) is 30.4 Å². The van der Waals surface area contributed by atoms with Crippen molar-refractivity contribution >= 4 is 21.8 Å². The molecule has 0 aliphatic carbocycles. The summed E-state index contributed by atoms with van der Waals surface area (Å²) < 4.78 is 1.07. The Labute approximate surface area is 104 Å². The molecule has 3 nitrogen and oxygen atoms in total. The van der Waals surface area contributed by atoms with Gasteiger partial charge in [-0.3, -0.25) is 9.69 Å². The van der Waals surface area contributed by atoms with Gasteiger partial charge in [-0.2, -0.15) is 0 Å². The molecular formula is C12H15BrN2O. The van der Waals surface area contributed by atoms with Crippen molar-refractivity contribution in [2.75, 3.05) is 6.54 Å². The fourth-order valence-electron chi connectivity index (χ4n) is 2.21. The highest BCUT2D eigenvalue weighted by atomic mass is 79.9. The quantitative estimate of drug-likeness (QED) is 0.921. The van der Waals surface area contributed by atoms with Crippen LogP contribution in [0.15, 0.2) is 28.7 Å². The molecule has 1 fully saturated rings. The van der Waals surface area contributed by atoms with Gasteiger partial charge in [-0.1, -0.05) is 28.1 Å². The van der Waals surface area contributed by atoms with E-state index in [4.69, 9.17) is 5.73 Å². The molecule has 1 saturated heterocycles. The zero-order valence-electron chi connectivity index (χ0n) is 9.03. The Balaban J connectivity index is 2.06. The van der Waals surface area contributed by atoms with Crippen LogP contribution in [0.2, 0.25) is 0 Å². The van der Waals surface area contributed by atoms with Crippen LogP contribution in [-0.4, -0.2) is 23.4 Å². The lowest BCUT2D eigenvalue weighted by Gasteiger charge is -2.21. The van der Waals surface area contributed by atoms with E-state index < -0.39 is 0 Å². The lowest BCUT2D eigenvalue weighted by atomic mass is 10.2. The molecule has 2 N–H and O–H groups in total. The summed E-state index contributed by atoms with van der Waals surface area (Å²) in [5, 5.41) is 0. The predicted molar refractivity (Wildman–Crippen MR) is 66.8 cm³/mol. The number of likely N-dealkylation sites (tertiary alicyclic amines) is 1. The molecular weight excluding hydrogens is 268 g/mol. The Hall–Kier alpha value is -0.870. The third-order valence-electron chi connectivity index (χ3n) is 2.97. The second kappa shape index (κ2) is 4.97. The number of halogens is 1. The van der Waals surface area contributed by atoms with E-state index in [2.05, 4.69) is 33.0 Å². The number of carbonyl (C=O) groups excluding carboxylic acids is 1. The van der Waals surface area contributed by atoms with E-state index in [1.807, 2.05) is 12.1 Å². The van der Waals surface area contributed by atoms with Crippen LogP contribution in [0.25, 0.3) is 0 Å². The normalized spacial score (nSPS) is 21.2. The summed E-state index contributed by atoms with van der Waals surface area (Å²) in [6.45, 7) is 1.76. The number of primary amides is 1. The monoisotopic (exact) mass is 282 g/mol. The number of hydrogen-bond donors (Lipinski definition) is 1. The lowest BCUT2D eigenvalue weighted by molar-refractivity contribution is -0.122. The highest BCUT2D eigenvalue weighted by molar-refractivity contribution is 9.10. The maximum absolute atomic E-state index is 11.2. The minimum atomic E-state index is -0.201. The summed E-state index contributed by atoms with van der Waals surface area (Å²) >= 11 is 3.45. The number of rotatable bonds is 3. The molecule has 1 aromatic rings. The van der Waals surface area contributed by atoms with Crippen molar-refractivity contribution in [1.82, 2.24) is 4.90 Å².